The predicted octanol–water partition coefficient (Wildman–Crippen LogP) is 17.8. The highest BCUT2D eigenvalue weighted by Gasteiger charge is 2.55. The van der Waals surface area contributed by atoms with Gasteiger partial charge in [0.25, 0.3) is 0 Å². The maximum absolute atomic E-state index is 16.0. The van der Waals surface area contributed by atoms with E-state index in [-0.39, 0.29) is 17.9 Å². The van der Waals surface area contributed by atoms with Crippen molar-refractivity contribution >= 4 is 55.0 Å². The van der Waals surface area contributed by atoms with Crippen LogP contribution < -0.4 is 0 Å². The smallest absolute Gasteiger partial charge is 0.193 e. The molecule has 0 bridgehead atoms. The highest BCUT2D eigenvalue weighted by atomic mass is 16.6. The average molecular weight is 1030 g/mol. The molecule has 4 heteroatoms. The minimum absolute atomic E-state index is 0.0163. The number of nitrogens with zero attached hydrogens (tertiary/aromatic N) is 2. The molecule has 2 spiro atoms. The molecule has 1 fully saturated rings. The second-order valence-corrected chi connectivity index (χ2v) is 23.1. The Hall–Kier alpha value is -9.87. The molecule has 11 aromatic carbocycles. The van der Waals surface area contributed by atoms with E-state index < -0.39 is 10.8 Å². The zero-order valence-electron chi connectivity index (χ0n) is 44.0. The van der Waals surface area contributed by atoms with E-state index >= 15 is 4.79 Å². The van der Waals surface area contributed by atoms with Crippen molar-refractivity contribution in [1.29, 1.82) is 0 Å². The summed E-state index contributed by atoms with van der Waals surface area (Å²) in [5.41, 5.74) is 26.9. The van der Waals surface area contributed by atoms with Crippen molar-refractivity contribution in [2.45, 2.75) is 29.4 Å². The van der Waals surface area contributed by atoms with Crippen LogP contribution in [-0.2, 0) is 15.6 Å². The number of aromatic nitrogens is 2. The Bertz CT molecular complexity index is 4940. The van der Waals surface area contributed by atoms with E-state index in [9.17, 15) is 0 Å². The molecule has 0 amide bonds. The van der Waals surface area contributed by atoms with Crippen LogP contribution in [-0.4, -0.2) is 21.5 Å². The van der Waals surface area contributed by atoms with Gasteiger partial charge in [0, 0.05) is 49.4 Å². The lowest BCUT2D eigenvalue weighted by Gasteiger charge is -2.36. The molecule has 81 heavy (non-hydrogen) atoms. The standard InChI is InChI=1S/C77H48N2O2/c80-75(46-31-36-55-54-34-29-45(74-44-81-74)39-65(54)76(66(55)40-46)62-22-8-1-15-50(62)51-16-2-9-23-63(51)76)47-30-35-53-52-17-3-10-24-64(52)77(67(53)41-47)68-42-48(78-70-25-11-4-18-58(70)59-19-5-12-26-71(59)78)32-37-56(68)57-38-33-49(43-69(57)77)79-72-27-13-6-20-60(72)61-21-7-14-28-73(61)79/h1-42,49,74H,43-44H2. The molecular weight excluding hydrogens is 985 g/mol. The molecule has 19 rings (SSSR count). The molecule has 0 saturated carbocycles. The number of carbonyl (C=O) groups is 1. The molecule has 4 nitrogen and oxygen atoms in total. The number of benzene rings is 11. The van der Waals surface area contributed by atoms with E-state index in [0.29, 0.717) is 11.1 Å². The van der Waals surface area contributed by atoms with Crippen molar-refractivity contribution in [1.82, 2.24) is 9.13 Å². The van der Waals surface area contributed by atoms with Gasteiger partial charge in [-0.3, -0.25) is 4.79 Å². The lowest BCUT2D eigenvalue weighted by Crippen LogP contribution is -2.30. The summed E-state index contributed by atoms with van der Waals surface area (Å²) in [7, 11) is 0. The Morgan fingerprint density at radius 1 is 0.407 bits per heavy atom. The lowest BCUT2D eigenvalue weighted by molar-refractivity contribution is 0.103. The van der Waals surface area contributed by atoms with Crippen LogP contribution in [0.3, 0.4) is 0 Å². The van der Waals surface area contributed by atoms with Crippen LogP contribution in [0.2, 0.25) is 0 Å². The summed E-state index contributed by atoms with van der Waals surface area (Å²) < 4.78 is 10.9. The minimum atomic E-state index is -0.715. The van der Waals surface area contributed by atoms with Crippen LogP contribution >= 0.6 is 0 Å². The fourth-order valence-corrected chi connectivity index (χ4v) is 16.3. The summed E-state index contributed by atoms with van der Waals surface area (Å²) in [4.78, 5) is 16.0. The van der Waals surface area contributed by atoms with E-state index in [1.165, 1.54) is 127 Å². The maximum atomic E-state index is 16.0. The largest absolute Gasteiger partial charge is 0.368 e. The third-order valence-electron chi connectivity index (χ3n) is 19.5. The number of hydrogen-bond donors (Lipinski definition) is 0. The quantitative estimate of drug-likeness (QED) is 0.127. The lowest BCUT2D eigenvalue weighted by atomic mass is 9.67. The Labute approximate surface area is 467 Å². The third-order valence-corrected chi connectivity index (χ3v) is 19.5. The second kappa shape index (κ2) is 15.7. The van der Waals surface area contributed by atoms with Crippen LogP contribution in [0.4, 0.5) is 0 Å². The van der Waals surface area contributed by atoms with Gasteiger partial charge in [0.2, 0.25) is 0 Å². The van der Waals surface area contributed by atoms with Crippen LogP contribution in [0.1, 0.15) is 84.6 Å². The number of rotatable bonds is 5. The number of allylic oxidation sites excluding steroid dienone is 4. The van der Waals surface area contributed by atoms with Crippen LogP contribution in [0.5, 0.6) is 0 Å². The number of para-hydroxylation sites is 4. The first-order chi connectivity index (χ1) is 40.1. The van der Waals surface area contributed by atoms with Gasteiger partial charge in [-0.2, -0.15) is 0 Å². The fraction of sp³-hybridized carbons (Fsp3) is 0.0779. The fourth-order valence-electron chi connectivity index (χ4n) is 16.3. The molecule has 2 aromatic heterocycles. The normalized spacial score (nSPS) is 18.8. The first-order valence-corrected chi connectivity index (χ1v) is 28.5. The molecular formula is C77H48N2O2. The second-order valence-electron chi connectivity index (χ2n) is 23.1. The van der Waals surface area contributed by atoms with Crippen molar-refractivity contribution in [3.8, 4) is 39.1 Å². The van der Waals surface area contributed by atoms with Crippen LogP contribution in [0.15, 0.2) is 260 Å². The van der Waals surface area contributed by atoms with Gasteiger partial charge in [-0.25, -0.2) is 0 Å². The molecule has 3 unspecified atom stereocenters. The Morgan fingerprint density at radius 2 is 0.840 bits per heavy atom. The van der Waals surface area contributed by atoms with Gasteiger partial charge in [-0.15, -0.1) is 0 Å². The molecule has 1 saturated heterocycles. The summed E-state index contributed by atoms with van der Waals surface area (Å²) in [5, 5.41) is 5.00. The van der Waals surface area contributed by atoms with Gasteiger partial charge in [0.15, 0.2) is 5.78 Å². The SMILES string of the molecule is O=C(c1ccc2c(c1)C1(C3=C(C=CC(n4c5ccccc5c5ccccc54)C3)c3ccc(-n4c5ccccc5c5ccccc54)cc31)c1ccccc1-2)c1ccc2c(c1)C1(c3ccccc3-c3ccccc31)c1cc(C3CO3)ccc1-2. The minimum Gasteiger partial charge on any atom is -0.368 e. The Kier molecular flexibility index (Phi) is 8.53. The Morgan fingerprint density at radius 3 is 1.41 bits per heavy atom. The molecule has 1 aliphatic heterocycles. The summed E-state index contributed by atoms with van der Waals surface area (Å²) in [6.07, 6.45) is 5.76. The van der Waals surface area contributed by atoms with Gasteiger partial charge >= 0.3 is 0 Å². The highest BCUT2D eigenvalue weighted by molar-refractivity contribution is 6.13. The predicted molar refractivity (Wildman–Crippen MR) is 327 cm³/mol. The highest BCUT2D eigenvalue weighted by Crippen LogP contribution is 2.66. The number of carbonyl (C=O) groups excluding carboxylic acids is 1. The molecule has 6 aliphatic rings. The Balaban J connectivity index is 0.829. The van der Waals surface area contributed by atoms with Gasteiger partial charge in [-0.05, 0) is 150 Å². The summed E-state index contributed by atoms with van der Waals surface area (Å²) in [5.74, 6) is 0.0163. The molecule has 378 valence electrons. The molecule has 0 N–H and O–H groups in total. The van der Waals surface area contributed by atoms with Gasteiger partial charge in [0.1, 0.15) is 6.10 Å². The molecule has 0 radical (unpaired) electrons. The number of hydrogen-bond acceptors (Lipinski definition) is 2. The molecule has 3 heterocycles. The number of epoxide rings is 1. The molecule has 13 aromatic rings. The van der Waals surface area contributed by atoms with Crippen molar-refractivity contribution in [3.05, 3.63) is 322 Å². The third kappa shape index (κ3) is 5.51. The van der Waals surface area contributed by atoms with E-state index in [2.05, 4.69) is 264 Å². The van der Waals surface area contributed by atoms with Gasteiger partial charge < -0.3 is 13.9 Å². The van der Waals surface area contributed by atoms with E-state index in [4.69, 9.17) is 4.74 Å². The summed E-state index contributed by atoms with van der Waals surface area (Å²) in [6, 6.07) is 89.6. The van der Waals surface area contributed by atoms with E-state index in [1.807, 2.05) is 0 Å². The maximum Gasteiger partial charge on any atom is 0.193 e. The topological polar surface area (TPSA) is 39.5 Å². The summed E-state index contributed by atoms with van der Waals surface area (Å²) in [6.45, 7) is 0.739. The van der Waals surface area contributed by atoms with E-state index in [0.717, 1.165) is 29.8 Å². The number of fused-ring (bicyclic) bond motifs is 25. The first kappa shape index (κ1) is 44.0. The molecule has 3 atom stereocenters. The average Bonchev–Trinajstić information content (AvgIpc) is 3.62. The van der Waals surface area contributed by atoms with Crippen molar-refractivity contribution < 1.29 is 9.53 Å². The van der Waals surface area contributed by atoms with Crippen molar-refractivity contribution in [3.63, 3.8) is 0 Å². The first-order valence-electron chi connectivity index (χ1n) is 28.5. The zero-order valence-corrected chi connectivity index (χ0v) is 44.0. The van der Waals surface area contributed by atoms with Crippen LogP contribution in [0.25, 0.3) is 88.3 Å². The number of ether oxygens (including phenoxy) is 1. The van der Waals surface area contributed by atoms with Gasteiger partial charge in [-0.1, -0.05) is 206 Å². The van der Waals surface area contributed by atoms with Crippen LogP contribution in [0, 0.1) is 0 Å². The van der Waals surface area contributed by atoms with Crippen molar-refractivity contribution in [2.75, 3.05) is 6.61 Å². The monoisotopic (exact) mass is 1030 g/mol. The van der Waals surface area contributed by atoms with E-state index in [1.54, 1.807) is 0 Å². The summed E-state index contributed by atoms with van der Waals surface area (Å²) >= 11 is 0. The zero-order chi connectivity index (χ0) is 52.9. The van der Waals surface area contributed by atoms with Gasteiger partial charge in [0.05, 0.1) is 34.5 Å². The molecule has 5 aliphatic carbocycles. The number of ketones is 1. The van der Waals surface area contributed by atoms with Crippen molar-refractivity contribution in [2.24, 2.45) is 0 Å².